The first kappa shape index (κ1) is 34.5. The van der Waals surface area contributed by atoms with Gasteiger partial charge in [0.1, 0.15) is 0 Å². The van der Waals surface area contributed by atoms with Gasteiger partial charge in [-0.25, -0.2) is 0 Å². The molecule has 0 amide bonds. The molecular formula is C40H72OSi. The molecule has 0 saturated heterocycles. The Morgan fingerprint density at radius 3 is 2.02 bits per heavy atom. The number of hydrogen-bond donors (Lipinski definition) is 0. The van der Waals surface area contributed by atoms with Gasteiger partial charge in [-0.2, -0.15) is 0 Å². The molecule has 0 bridgehead atoms. The first-order valence-electron chi connectivity index (χ1n) is 18.8. The van der Waals surface area contributed by atoms with E-state index in [0.717, 1.165) is 35.5 Å². The highest BCUT2D eigenvalue weighted by atomic mass is 28.4. The Labute approximate surface area is 264 Å². The SMILES string of the molecule is CCC(/C=C/[C@@H](C)[C@H]1CC[C@H]2[C@@H]3CC=C4C[C@@H](O[Si](C(C)C)(C(C)C)C(C)C)CC[C@]4(C)[C@H]3CC[C@]12C)C(CC)CC. The van der Waals surface area contributed by atoms with Crippen molar-refractivity contribution in [2.45, 2.75) is 176 Å². The zero-order valence-electron chi connectivity index (χ0n) is 30.3. The maximum atomic E-state index is 7.39. The third kappa shape index (κ3) is 5.97. The molecule has 4 aliphatic rings. The van der Waals surface area contributed by atoms with Crippen molar-refractivity contribution < 1.29 is 4.43 Å². The van der Waals surface area contributed by atoms with Crippen molar-refractivity contribution in [2.75, 3.05) is 0 Å². The summed E-state index contributed by atoms with van der Waals surface area (Å²) in [5, 5.41) is 0. The zero-order valence-corrected chi connectivity index (χ0v) is 31.3. The molecule has 0 radical (unpaired) electrons. The van der Waals surface area contributed by atoms with Crippen LogP contribution in [0.5, 0.6) is 0 Å². The fraction of sp³-hybridized carbons (Fsp3) is 0.900. The standard InChI is InChI=1S/C40H72OSi/c1-13-31(14-2)32(15-3)17-16-30(10)36-20-21-37-35-19-18-33-26-34(41-42(27(4)5,28(6)7)29(8)9)22-24-39(33,11)38(35)23-25-40(36,37)12/h16-18,27-32,34-38H,13-15,19-26H2,1-12H3/b17-16+/t30-,32?,34+,35+,36-,37+,38+,39+,40-/m1/s1. The molecule has 0 aromatic heterocycles. The zero-order chi connectivity index (χ0) is 31.0. The molecule has 2 heteroatoms. The highest BCUT2D eigenvalue weighted by Gasteiger charge is 2.59. The van der Waals surface area contributed by atoms with Gasteiger partial charge in [-0.15, -0.1) is 0 Å². The molecule has 4 aliphatic carbocycles. The summed E-state index contributed by atoms with van der Waals surface area (Å²) in [6, 6.07) is 0. The number of rotatable bonds is 12. The van der Waals surface area contributed by atoms with Crippen LogP contribution >= 0.6 is 0 Å². The molecule has 1 nitrogen and oxygen atoms in total. The van der Waals surface area contributed by atoms with E-state index in [0.29, 0.717) is 39.5 Å². The normalized spacial score (nSPS) is 36.9. The minimum Gasteiger partial charge on any atom is -0.413 e. The maximum Gasteiger partial charge on any atom is 0.200 e. The van der Waals surface area contributed by atoms with Crippen LogP contribution in [0.4, 0.5) is 0 Å². The maximum absolute atomic E-state index is 7.39. The summed E-state index contributed by atoms with van der Waals surface area (Å²) in [6.07, 6.45) is 23.5. The second kappa shape index (κ2) is 13.6. The van der Waals surface area contributed by atoms with Crippen LogP contribution < -0.4 is 0 Å². The lowest BCUT2D eigenvalue weighted by atomic mass is 9.47. The van der Waals surface area contributed by atoms with Crippen LogP contribution in [0.15, 0.2) is 23.8 Å². The van der Waals surface area contributed by atoms with Crippen LogP contribution in [0.3, 0.4) is 0 Å². The van der Waals surface area contributed by atoms with Gasteiger partial charge in [0, 0.05) is 6.10 Å². The second-order valence-corrected chi connectivity index (χ2v) is 22.6. The highest BCUT2D eigenvalue weighted by molar-refractivity contribution is 6.77. The molecule has 3 saturated carbocycles. The molecule has 0 aliphatic heterocycles. The van der Waals surface area contributed by atoms with Gasteiger partial charge in [-0.1, -0.05) is 120 Å². The minimum absolute atomic E-state index is 0.412. The van der Waals surface area contributed by atoms with Crippen molar-refractivity contribution in [3.8, 4) is 0 Å². The Kier molecular flexibility index (Phi) is 11.2. The highest BCUT2D eigenvalue weighted by Crippen LogP contribution is 2.67. The van der Waals surface area contributed by atoms with Crippen molar-refractivity contribution in [2.24, 2.45) is 52.3 Å². The molecule has 0 aromatic carbocycles. The smallest absolute Gasteiger partial charge is 0.200 e. The fourth-order valence-electron chi connectivity index (χ4n) is 12.3. The molecule has 0 N–H and O–H groups in total. The van der Waals surface area contributed by atoms with Gasteiger partial charge in [0.25, 0.3) is 0 Å². The molecule has 0 spiro atoms. The summed E-state index contributed by atoms with van der Waals surface area (Å²) in [4.78, 5) is 0. The van der Waals surface area contributed by atoms with Crippen LogP contribution in [-0.4, -0.2) is 14.4 Å². The number of allylic oxidation sites excluding steroid dienone is 3. The molecule has 0 aromatic rings. The van der Waals surface area contributed by atoms with Crippen LogP contribution in [0.25, 0.3) is 0 Å². The van der Waals surface area contributed by atoms with Gasteiger partial charge in [0.05, 0.1) is 0 Å². The van der Waals surface area contributed by atoms with E-state index in [4.69, 9.17) is 4.43 Å². The molecule has 3 fully saturated rings. The van der Waals surface area contributed by atoms with E-state index in [1.807, 2.05) is 0 Å². The molecule has 0 heterocycles. The summed E-state index contributed by atoms with van der Waals surface area (Å²) in [7, 11) is -1.84. The van der Waals surface area contributed by atoms with Gasteiger partial charge in [-0.3, -0.25) is 0 Å². The van der Waals surface area contributed by atoms with Gasteiger partial charge in [-0.05, 0) is 127 Å². The van der Waals surface area contributed by atoms with E-state index in [1.54, 1.807) is 5.57 Å². The first-order chi connectivity index (χ1) is 19.8. The second-order valence-electron chi connectivity index (χ2n) is 17.2. The molecule has 42 heavy (non-hydrogen) atoms. The van der Waals surface area contributed by atoms with Gasteiger partial charge < -0.3 is 4.43 Å². The first-order valence-corrected chi connectivity index (χ1v) is 21.0. The van der Waals surface area contributed by atoms with Crippen LogP contribution in [0, 0.1) is 52.3 Å². The van der Waals surface area contributed by atoms with E-state index in [1.165, 1.54) is 70.6 Å². The van der Waals surface area contributed by atoms with E-state index < -0.39 is 8.32 Å². The lowest BCUT2D eigenvalue weighted by molar-refractivity contribution is -0.0534. The van der Waals surface area contributed by atoms with Crippen molar-refractivity contribution in [1.29, 1.82) is 0 Å². The average Bonchev–Trinajstić information content (AvgIpc) is 3.30. The summed E-state index contributed by atoms with van der Waals surface area (Å²) in [5.41, 5.74) is 4.75. The molecule has 1 unspecified atom stereocenters. The minimum atomic E-state index is -1.84. The molecule has 242 valence electrons. The van der Waals surface area contributed by atoms with E-state index in [-0.39, 0.29) is 0 Å². The van der Waals surface area contributed by atoms with Crippen LogP contribution in [0.2, 0.25) is 16.6 Å². The van der Waals surface area contributed by atoms with Crippen LogP contribution in [0.1, 0.15) is 154 Å². The fourth-order valence-corrected chi connectivity index (χ4v) is 17.9. The van der Waals surface area contributed by atoms with E-state index in [2.05, 4.69) is 101 Å². The number of hydrogen-bond acceptors (Lipinski definition) is 1. The van der Waals surface area contributed by atoms with Gasteiger partial charge in [0.2, 0.25) is 8.32 Å². The predicted octanol–water partition coefficient (Wildman–Crippen LogP) is 12.8. The van der Waals surface area contributed by atoms with E-state index in [9.17, 15) is 0 Å². The Morgan fingerprint density at radius 2 is 1.45 bits per heavy atom. The molecule has 9 atom stereocenters. The summed E-state index contributed by atoms with van der Waals surface area (Å²) < 4.78 is 7.39. The Hall–Kier alpha value is -0.343. The van der Waals surface area contributed by atoms with E-state index >= 15 is 0 Å². The third-order valence-electron chi connectivity index (χ3n) is 14.6. The largest absolute Gasteiger partial charge is 0.413 e. The quantitative estimate of drug-likeness (QED) is 0.161. The Bertz CT molecular complexity index is 920. The Balaban J connectivity index is 1.49. The topological polar surface area (TPSA) is 9.23 Å². The third-order valence-corrected chi connectivity index (χ3v) is 20.8. The van der Waals surface area contributed by atoms with Crippen LogP contribution in [-0.2, 0) is 4.43 Å². The Morgan fingerprint density at radius 1 is 0.810 bits per heavy atom. The molecular weight excluding hydrogens is 525 g/mol. The van der Waals surface area contributed by atoms with Crippen molar-refractivity contribution in [3.63, 3.8) is 0 Å². The summed E-state index contributed by atoms with van der Waals surface area (Å²) >= 11 is 0. The lowest BCUT2D eigenvalue weighted by Crippen LogP contribution is -2.53. The predicted molar refractivity (Wildman–Crippen MR) is 187 cm³/mol. The van der Waals surface area contributed by atoms with Gasteiger partial charge >= 0.3 is 0 Å². The number of fused-ring (bicyclic) bond motifs is 5. The van der Waals surface area contributed by atoms with Crippen molar-refractivity contribution in [3.05, 3.63) is 23.8 Å². The monoisotopic (exact) mass is 597 g/mol. The van der Waals surface area contributed by atoms with Gasteiger partial charge in [0.15, 0.2) is 0 Å². The average molecular weight is 597 g/mol. The summed E-state index contributed by atoms with van der Waals surface area (Å²) in [5.74, 6) is 5.91. The molecule has 4 rings (SSSR count). The summed E-state index contributed by atoms with van der Waals surface area (Å²) in [6.45, 7) is 29.8. The van der Waals surface area contributed by atoms with Crippen molar-refractivity contribution >= 4 is 8.32 Å². The van der Waals surface area contributed by atoms with Crippen molar-refractivity contribution in [1.82, 2.24) is 0 Å². The lowest BCUT2D eigenvalue weighted by Gasteiger charge is -2.59.